The van der Waals surface area contributed by atoms with E-state index in [2.05, 4.69) is 48.9 Å². The van der Waals surface area contributed by atoms with Crippen molar-refractivity contribution in [3.8, 4) is 0 Å². The number of nitrogens with zero attached hydrogens (tertiary/aromatic N) is 3. The van der Waals surface area contributed by atoms with Gasteiger partial charge in [-0.25, -0.2) is 0 Å². The number of amides is 2. The van der Waals surface area contributed by atoms with E-state index in [9.17, 15) is 9.59 Å². The summed E-state index contributed by atoms with van der Waals surface area (Å²) in [5.74, 6) is 1.41. The number of likely N-dealkylation sites (tertiary alicyclic amines) is 2. The van der Waals surface area contributed by atoms with E-state index in [4.69, 9.17) is 16.6 Å². The number of piperidine rings is 2. The summed E-state index contributed by atoms with van der Waals surface area (Å²) in [6.07, 6.45) is 8.60. The lowest BCUT2D eigenvalue weighted by atomic mass is 9.76. The minimum atomic E-state index is 0.176. The Hall–Kier alpha value is -1.74. The molecular formula is C32H34Br2ClN3O2S. The van der Waals surface area contributed by atoms with Crippen LogP contribution in [-0.2, 0) is 28.9 Å². The van der Waals surface area contributed by atoms with E-state index >= 15 is 0 Å². The second kappa shape index (κ2) is 12.9. The average Bonchev–Trinajstić information content (AvgIpc) is 3.41. The van der Waals surface area contributed by atoms with E-state index in [1.807, 2.05) is 34.7 Å². The molecule has 0 spiro atoms. The molecule has 1 aliphatic carbocycles. The minimum Gasteiger partial charge on any atom is -0.343 e. The summed E-state index contributed by atoms with van der Waals surface area (Å²) in [6.45, 7) is 3.08. The molecule has 0 saturated carbocycles. The van der Waals surface area contributed by atoms with Crippen LogP contribution in [0.2, 0.25) is 5.02 Å². The van der Waals surface area contributed by atoms with E-state index in [0.29, 0.717) is 24.7 Å². The largest absolute Gasteiger partial charge is 0.343 e. The van der Waals surface area contributed by atoms with E-state index < -0.39 is 0 Å². The molecule has 3 aromatic rings. The molecule has 216 valence electrons. The van der Waals surface area contributed by atoms with Gasteiger partial charge < -0.3 is 9.80 Å². The third kappa shape index (κ3) is 6.61. The average molecular weight is 720 g/mol. The number of pyridine rings is 1. The molecule has 2 amide bonds. The van der Waals surface area contributed by atoms with Crippen molar-refractivity contribution in [3.05, 3.63) is 83.1 Å². The van der Waals surface area contributed by atoms with Crippen molar-refractivity contribution in [2.75, 3.05) is 26.2 Å². The number of fused-ring (bicyclic) bond motifs is 2. The van der Waals surface area contributed by atoms with Crippen LogP contribution in [0, 0.1) is 11.8 Å². The maximum atomic E-state index is 13.4. The van der Waals surface area contributed by atoms with Crippen LogP contribution in [0.4, 0.5) is 0 Å². The number of thiophene rings is 1. The Morgan fingerprint density at radius 3 is 2.39 bits per heavy atom. The number of aryl methyl sites for hydroxylation is 2. The van der Waals surface area contributed by atoms with Gasteiger partial charge in [-0.05, 0) is 113 Å². The van der Waals surface area contributed by atoms with Gasteiger partial charge in [-0.3, -0.25) is 14.6 Å². The first-order valence-electron chi connectivity index (χ1n) is 14.6. The fraction of sp³-hybridized carbons (Fsp3) is 0.469. The zero-order valence-corrected chi connectivity index (χ0v) is 27.7. The second-order valence-electron chi connectivity index (χ2n) is 11.6. The van der Waals surface area contributed by atoms with Crippen LogP contribution in [0.3, 0.4) is 0 Å². The summed E-state index contributed by atoms with van der Waals surface area (Å²) in [5, 5.41) is 2.77. The topological polar surface area (TPSA) is 53.5 Å². The molecule has 1 atom stereocenters. The lowest BCUT2D eigenvalue weighted by Crippen LogP contribution is -2.43. The van der Waals surface area contributed by atoms with Crippen LogP contribution >= 0.6 is 54.8 Å². The van der Waals surface area contributed by atoms with Gasteiger partial charge >= 0.3 is 0 Å². The summed E-state index contributed by atoms with van der Waals surface area (Å²) in [4.78, 5) is 36.2. The number of carbonyl (C=O) groups is 2. The number of carbonyl (C=O) groups excluding carboxylic acids is 2. The first kappa shape index (κ1) is 29.3. The Morgan fingerprint density at radius 2 is 1.66 bits per heavy atom. The van der Waals surface area contributed by atoms with Crippen LogP contribution < -0.4 is 0 Å². The van der Waals surface area contributed by atoms with Crippen molar-refractivity contribution in [3.63, 3.8) is 0 Å². The number of halogens is 3. The Kier molecular flexibility index (Phi) is 9.20. The molecule has 2 aromatic heterocycles. The predicted molar refractivity (Wildman–Crippen MR) is 172 cm³/mol. The number of benzene rings is 1. The molecule has 3 aliphatic rings. The third-order valence-corrected chi connectivity index (χ3v) is 11.3. The monoisotopic (exact) mass is 717 g/mol. The fourth-order valence-electron chi connectivity index (χ4n) is 6.95. The highest BCUT2D eigenvalue weighted by molar-refractivity contribution is 9.10. The van der Waals surface area contributed by atoms with Gasteiger partial charge in [0.25, 0.3) is 0 Å². The molecule has 0 N–H and O–H groups in total. The Labute approximate surface area is 267 Å². The second-order valence-corrected chi connectivity index (χ2v) is 14.9. The first-order chi connectivity index (χ1) is 19.9. The lowest BCUT2D eigenvalue weighted by molar-refractivity contribution is -0.134. The molecular weight excluding hydrogens is 686 g/mol. The van der Waals surface area contributed by atoms with E-state index in [1.165, 1.54) is 22.4 Å². The van der Waals surface area contributed by atoms with Gasteiger partial charge in [-0.1, -0.05) is 33.6 Å². The lowest BCUT2D eigenvalue weighted by Gasteiger charge is -2.38. The number of hydrogen-bond acceptors (Lipinski definition) is 4. The number of rotatable bonds is 5. The van der Waals surface area contributed by atoms with Gasteiger partial charge in [-0.2, -0.15) is 0 Å². The SMILES string of the molecule is O=C(Cc1cccs1)N1CCC(CC(=O)N2CCC([C@H]3c4ncc(Br)cc4CCc4cc(Cl)cc(Br)c43)CC2)CC1. The van der Waals surface area contributed by atoms with Crippen LogP contribution in [-0.4, -0.2) is 52.8 Å². The molecule has 4 heterocycles. The van der Waals surface area contributed by atoms with Gasteiger partial charge in [0, 0.05) is 63.6 Å². The summed E-state index contributed by atoms with van der Waals surface area (Å²) in [7, 11) is 0. The molecule has 41 heavy (non-hydrogen) atoms. The third-order valence-electron chi connectivity index (χ3n) is 9.12. The summed E-state index contributed by atoms with van der Waals surface area (Å²) < 4.78 is 2.07. The van der Waals surface area contributed by atoms with Gasteiger partial charge in [0.1, 0.15) is 0 Å². The van der Waals surface area contributed by atoms with Gasteiger partial charge in [-0.15, -0.1) is 11.3 Å². The number of aromatic nitrogens is 1. The zero-order chi connectivity index (χ0) is 28.5. The molecule has 0 unspecified atom stereocenters. The van der Waals surface area contributed by atoms with Crippen molar-refractivity contribution in [1.29, 1.82) is 0 Å². The highest BCUT2D eigenvalue weighted by atomic mass is 79.9. The minimum absolute atomic E-state index is 0.176. The van der Waals surface area contributed by atoms with Crippen LogP contribution in [0.25, 0.3) is 0 Å². The van der Waals surface area contributed by atoms with Gasteiger partial charge in [0.15, 0.2) is 0 Å². The quantitative estimate of drug-likeness (QED) is 0.272. The molecule has 1 aromatic carbocycles. The first-order valence-corrected chi connectivity index (χ1v) is 17.4. The highest BCUT2D eigenvalue weighted by Crippen LogP contribution is 2.46. The van der Waals surface area contributed by atoms with Crippen molar-refractivity contribution in [2.45, 2.75) is 57.3 Å². The molecule has 9 heteroatoms. The summed E-state index contributed by atoms with van der Waals surface area (Å²) >= 11 is 15.6. The molecule has 0 radical (unpaired) electrons. The highest BCUT2D eigenvalue weighted by Gasteiger charge is 2.37. The maximum absolute atomic E-state index is 13.4. The van der Waals surface area contributed by atoms with Crippen molar-refractivity contribution in [1.82, 2.24) is 14.8 Å². The molecule has 2 aliphatic heterocycles. The molecule has 0 bridgehead atoms. The predicted octanol–water partition coefficient (Wildman–Crippen LogP) is 7.66. The summed E-state index contributed by atoms with van der Waals surface area (Å²) in [5.41, 5.74) is 5.07. The van der Waals surface area contributed by atoms with Gasteiger partial charge in [0.2, 0.25) is 11.8 Å². The Morgan fingerprint density at radius 1 is 0.951 bits per heavy atom. The van der Waals surface area contributed by atoms with Crippen molar-refractivity contribution < 1.29 is 9.59 Å². The smallest absolute Gasteiger partial charge is 0.227 e. The van der Waals surface area contributed by atoms with Crippen LogP contribution in [0.15, 0.2) is 50.9 Å². The molecule has 6 rings (SSSR count). The van der Waals surface area contributed by atoms with E-state index in [1.54, 1.807) is 11.3 Å². The fourth-order valence-corrected chi connectivity index (χ4v) is 9.14. The van der Waals surface area contributed by atoms with E-state index in [0.717, 1.165) is 83.5 Å². The zero-order valence-electron chi connectivity index (χ0n) is 23.0. The summed E-state index contributed by atoms with van der Waals surface area (Å²) in [6, 6.07) is 10.4. The van der Waals surface area contributed by atoms with Crippen LogP contribution in [0.5, 0.6) is 0 Å². The van der Waals surface area contributed by atoms with Crippen LogP contribution in [0.1, 0.15) is 65.3 Å². The number of hydrogen-bond donors (Lipinski definition) is 0. The standard InChI is InChI=1S/C32H34Br2ClN3O2S/c33-24-15-23-4-3-22-16-25(35)17-27(34)30(22)31(32(23)36-19-24)21-7-11-38(12-8-21)28(39)14-20-5-9-37(10-6-20)29(40)18-26-2-1-13-41-26/h1-2,13,15-17,19-21,31H,3-12,14,18H2/t31-/m1/s1. The van der Waals surface area contributed by atoms with Crippen molar-refractivity contribution >= 4 is 66.6 Å². The Balaban J connectivity index is 1.08. The van der Waals surface area contributed by atoms with Gasteiger partial charge in [0.05, 0.1) is 12.1 Å². The van der Waals surface area contributed by atoms with E-state index in [-0.39, 0.29) is 17.7 Å². The normalized spacial score (nSPS) is 19.9. The van der Waals surface area contributed by atoms with Crippen molar-refractivity contribution in [2.24, 2.45) is 11.8 Å². The Bertz CT molecular complexity index is 1420. The maximum Gasteiger partial charge on any atom is 0.227 e. The molecule has 5 nitrogen and oxygen atoms in total. The molecule has 2 fully saturated rings. The molecule has 2 saturated heterocycles.